The number of aromatic nitrogens is 3. The van der Waals surface area contributed by atoms with Crippen LogP contribution >= 0.6 is 0 Å². The van der Waals surface area contributed by atoms with Crippen LogP contribution < -0.4 is 10.3 Å². The van der Waals surface area contributed by atoms with E-state index in [-0.39, 0.29) is 17.2 Å². The molecule has 2 heterocycles. The molecule has 2 N–H and O–H groups in total. The standard InChI is InChI=1S/C11H9N3O4/c1-6-4-9(10(15)14-13-6)18-7-2-3-8(11(16)17)12-5-7/h2-5H,1H3,(H,14,15)(H,16,17). The molecule has 2 aromatic heterocycles. The summed E-state index contributed by atoms with van der Waals surface area (Å²) in [7, 11) is 0. The molecule has 0 aliphatic rings. The Bertz CT molecular complexity index is 633. The molecule has 7 nitrogen and oxygen atoms in total. The van der Waals surface area contributed by atoms with E-state index in [0.717, 1.165) is 0 Å². The molecule has 0 aliphatic carbocycles. The van der Waals surface area contributed by atoms with Gasteiger partial charge >= 0.3 is 11.5 Å². The number of aromatic carboxylic acids is 1. The van der Waals surface area contributed by atoms with Crippen LogP contribution in [0.3, 0.4) is 0 Å². The molecular formula is C11H9N3O4. The monoisotopic (exact) mass is 247 g/mol. The van der Waals surface area contributed by atoms with Gasteiger partial charge in [-0.2, -0.15) is 5.10 Å². The van der Waals surface area contributed by atoms with Gasteiger partial charge in [-0.15, -0.1) is 0 Å². The second-order valence-electron chi connectivity index (χ2n) is 3.49. The van der Waals surface area contributed by atoms with E-state index in [0.29, 0.717) is 5.69 Å². The molecule has 0 bridgehead atoms. The first-order valence-corrected chi connectivity index (χ1v) is 5.00. The highest BCUT2D eigenvalue weighted by molar-refractivity contribution is 5.85. The number of aromatic amines is 1. The average Bonchev–Trinajstić information content (AvgIpc) is 2.34. The Hall–Kier alpha value is -2.70. The van der Waals surface area contributed by atoms with Gasteiger partial charge in [-0.25, -0.2) is 14.9 Å². The topological polar surface area (TPSA) is 105 Å². The third kappa shape index (κ3) is 2.51. The van der Waals surface area contributed by atoms with Gasteiger partial charge in [0.25, 0.3) is 0 Å². The second-order valence-corrected chi connectivity index (χ2v) is 3.49. The molecule has 0 aliphatic heterocycles. The van der Waals surface area contributed by atoms with Crippen molar-refractivity contribution in [1.29, 1.82) is 0 Å². The van der Waals surface area contributed by atoms with E-state index in [2.05, 4.69) is 15.2 Å². The minimum Gasteiger partial charge on any atom is -0.477 e. The van der Waals surface area contributed by atoms with Crippen LogP contribution in [0.4, 0.5) is 0 Å². The first-order valence-electron chi connectivity index (χ1n) is 5.00. The molecule has 0 atom stereocenters. The van der Waals surface area contributed by atoms with Crippen LogP contribution in [0.5, 0.6) is 11.5 Å². The SMILES string of the molecule is Cc1cc(Oc2ccc(C(=O)O)nc2)c(=O)[nH]n1. The minimum atomic E-state index is -1.13. The van der Waals surface area contributed by atoms with Crippen LogP contribution in [0.2, 0.25) is 0 Å². The molecule has 18 heavy (non-hydrogen) atoms. The Morgan fingerprint density at radius 3 is 2.83 bits per heavy atom. The van der Waals surface area contributed by atoms with E-state index in [4.69, 9.17) is 9.84 Å². The average molecular weight is 247 g/mol. The van der Waals surface area contributed by atoms with E-state index in [1.54, 1.807) is 6.92 Å². The normalized spacial score (nSPS) is 10.1. The second kappa shape index (κ2) is 4.66. The van der Waals surface area contributed by atoms with Gasteiger partial charge in [0, 0.05) is 6.07 Å². The quantitative estimate of drug-likeness (QED) is 0.836. The summed E-state index contributed by atoms with van der Waals surface area (Å²) >= 11 is 0. The molecule has 92 valence electrons. The Morgan fingerprint density at radius 1 is 1.44 bits per heavy atom. The zero-order chi connectivity index (χ0) is 13.1. The first kappa shape index (κ1) is 11.8. The lowest BCUT2D eigenvalue weighted by molar-refractivity contribution is 0.0690. The minimum absolute atomic E-state index is 0.0763. The number of rotatable bonds is 3. The van der Waals surface area contributed by atoms with Crippen molar-refractivity contribution in [3.63, 3.8) is 0 Å². The summed E-state index contributed by atoms with van der Waals surface area (Å²) < 4.78 is 5.29. The molecule has 2 aromatic rings. The number of ether oxygens (including phenoxy) is 1. The number of carboxylic acids is 1. The molecule has 0 saturated heterocycles. The lowest BCUT2D eigenvalue weighted by Gasteiger charge is -2.04. The first-order chi connectivity index (χ1) is 8.56. The van der Waals surface area contributed by atoms with Gasteiger partial charge in [-0.3, -0.25) is 4.79 Å². The number of nitrogens with one attached hydrogen (secondary N) is 1. The molecule has 7 heteroatoms. The van der Waals surface area contributed by atoms with Gasteiger partial charge in [-0.1, -0.05) is 0 Å². The third-order valence-corrected chi connectivity index (χ3v) is 2.08. The Kier molecular flexibility index (Phi) is 3.05. The van der Waals surface area contributed by atoms with Crippen LogP contribution in [0.15, 0.2) is 29.2 Å². The number of pyridine rings is 1. The smallest absolute Gasteiger partial charge is 0.354 e. The van der Waals surface area contributed by atoms with E-state index >= 15 is 0 Å². The maximum Gasteiger partial charge on any atom is 0.354 e. The van der Waals surface area contributed by atoms with Crippen molar-refractivity contribution >= 4 is 5.97 Å². The molecule has 0 amide bonds. The van der Waals surface area contributed by atoms with Crippen LogP contribution in [0.1, 0.15) is 16.2 Å². The summed E-state index contributed by atoms with van der Waals surface area (Å²) in [6.07, 6.45) is 1.23. The highest BCUT2D eigenvalue weighted by atomic mass is 16.5. The van der Waals surface area contributed by atoms with Gasteiger partial charge in [0.05, 0.1) is 11.9 Å². The van der Waals surface area contributed by atoms with E-state index in [1.165, 1.54) is 24.4 Å². The Labute approximate surface area is 101 Å². The summed E-state index contributed by atoms with van der Waals surface area (Å²) in [4.78, 5) is 25.7. The van der Waals surface area contributed by atoms with E-state index in [1.807, 2.05) is 0 Å². The van der Waals surface area contributed by atoms with Crippen molar-refractivity contribution in [2.45, 2.75) is 6.92 Å². The van der Waals surface area contributed by atoms with Gasteiger partial charge in [-0.05, 0) is 19.1 Å². The zero-order valence-electron chi connectivity index (χ0n) is 9.38. The molecule has 0 radical (unpaired) electrons. The molecule has 2 rings (SSSR count). The highest BCUT2D eigenvalue weighted by Gasteiger charge is 2.07. The summed E-state index contributed by atoms with van der Waals surface area (Å²) in [5.74, 6) is -0.775. The number of carboxylic acid groups (broad SMARTS) is 1. The maximum absolute atomic E-state index is 11.4. The van der Waals surface area contributed by atoms with Crippen LogP contribution in [0.25, 0.3) is 0 Å². The van der Waals surface area contributed by atoms with Gasteiger partial charge in [0.15, 0.2) is 5.75 Å². The van der Waals surface area contributed by atoms with Crippen molar-refractivity contribution < 1.29 is 14.6 Å². The van der Waals surface area contributed by atoms with E-state index < -0.39 is 11.5 Å². The van der Waals surface area contributed by atoms with Crippen LogP contribution in [-0.2, 0) is 0 Å². The largest absolute Gasteiger partial charge is 0.477 e. The number of H-pyrrole nitrogens is 1. The fourth-order valence-corrected chi connectivity index (χ4v) is 1.25. The van der Waals surface area contributed by atoms with Crippen LogP contribution in [-0.4, -0.2) is 26.3 Å². The number of hydrogen-bond donors (Lipinski definition) is 2. The molecule has 0 saturated carbocycles. The summed E-state index contributed by atoms with van der Waals surface area (Å²) in [5.41, 5.74) is 0.0322. The maximum atomic E-state index is 11.4. The number of carbonyl (C=O) groups is 1. The highest BCUT2D eigenvalue weighted by Crippen LogP contribution is 2.17. The Balaban J connectivity index is 2.26. The molecular weight excluding hydrogens is 238 g/mol. The Morgan fingerprint density at radius 2 is 2.22 bits per heavy atom. The third-order valence-electron chi connectivity index (χ3n) is 2.08. The van der Waals surface area contributed by atoms with E-state index in [9.17, 15) is 9.59 Å². The summed E-state index contributed by atoms with van der Waals surface area (Å²) in [5, 5.41) is 14.7. The fourth-order valence-electron chi connectivity index (χ4n) is 1.25. The predicted molar refractivity (Wildman–Crippen MR) is 60.9 cm³/mol. The lowest BCUT2D eigenvalue weighted by atomic mass is 10.3. The van der Waals surface area contributed by atoms with Gasteiger partial charge < -0.3 is 9.84 Å². The van der Waals surface area contributed by atoms with Crippen molar-refractivity contribution in [2.75, 3.05) is 0 Å². The zero-order valence-corrected chi connectivity index (χ0v) is 9.38. The van der Waals surface area contributed by atoms with Crippen LogP contribution in [0, 0.1) is 6.92 Å². The number of aryl methyl sites for hydroxylation is 1. The van der Waals surface area contributed by atoms with Crippen molar-refractivity contribution in [3.05, 3.63) is 46.1 Å². The lowest BCUT2D eigenvalue weighted by Crippen LogP contribution is -2.11. The van der Waals surface area contributed by atoms with Gasteiger partial charge in [0.1, 0.15) is 11.4 Å². The van der Waals surface area contributed by atoms with Crippen molar-refractivity contribution in [3.8, 4) is 11.5 Å². The van der Waals surface area contributed by atoms with Crippen molar-refractivity contribution in [2.24, 2.45) is 0 Å². The number of hydrogen-bond acceptors (Lipinski definition) is 5. The van der Waals surface area contributed by atoms with Crippen molar-refractivity contribution in [1.82, 2.24) is 15.2 Å². The fraction of sp³-hybridized carbons (Fsp3) is 0.0909. The predicted octanol–water partition coefficient (Wildman–Crippen LogP) is 0.964. The molecule has 0 unspecified atom stereocenters. The molecule has 0 fully saturated rings. The summed E-state index contributed by atoms with van der Waals surface area (Å²) in [6.45, 7) is 1.70. The molecule has 0 spiro atoms. The van der Waals surface area contributed by atoms with Gasteiger partial charge in [0.2, 0.25) is 0 Å². The summed E-state index contributed by atoms with van der Waals surface area (Å²) in [6, 6.07) is 4.19. The molecule has 0 aromatic carbocycles. The number of nitrogens with zero attached hydrogens (tertiary/aromatic N) is 2.